The van der Waals surface area contributed by atoms with Crippen LogP contribution in [-0.4, -0.2) is 10.7 Å². The van der Waals surface area contributed by atoms with Gasteiger partial charge in [0.2, 0.25) is 0 Å². The van der Waals surface area contributed by atoms with Gasteiger partial charge < -0.3 is 0 Å². The summed E-state index contributed by atoms with van der Waals surface area (Å²) >= 11 is 0. The number of Topliss-reactive ketones (excluding diaryl/α,β-unsaturated/α-hetero) is 1. The van der Waals surface area contributed by atoms with E-state index in [0.29, 0.717) is 0 Å². The molecule has 1 aromatic carbocycles. The molecule has 4 nitrogen and oxygen atoms in total. The van der Waals surface area contributed by atoms with E-state index >= 15 is 0 Å². The van der Waals surface area contributed by atoms with Crippen molar-refractivity contribution < 1.29 is 18.5 Å². The molecule has 6 heteroatoms. The average molecular weight is 243 g/mol. The molecule has 17 heavy (non-hydrogen) atoms. The molecule has 0 N–H and O–H groups in total. The number of aryl methyl sites for hydroxylation is 1. The van der Waals surface area contributed by atoms with Crippen LogP contribution in [0.3, 0.4) is 0 Å². The molecule has 0 spiro atoms. The van der Waals surface area contributed by atoms with Crippen LogP contribution in [0.5, 0.6) is 0 Å². The zero-order chi connectivity index (χ0) is 13.2. The third-order valence-corrected chi connectivity index (χ3v) is 2.42. The number of carbonyl (C=O) groups excluding carboxylic acids is 1. The first-order valence-electron chi connectivity index (χ1n) is 4.98. The van der Waals surface area contributed by atoms with Crippen LogP contribution in [0.25, 0.3) is 0 Å². The number of carbonyl (C=O) groups is 1. The minimum absolute atomic E-state index is 0.0720. The Bertz CT molecular complexity index is 472. The summed E-state index contributed by atoms with van der Waals surface area (Å²) in [5.74, 6) is -0.392. The van der Waals surface area contributed by atoms with Crippen LogP contribution in [0.2, 0.25) is 0 Å². The molecule has 0 saturated carbocycles. The van der Waals surface area contributed by atoms with Crippen molar-refractivity contribution in [3.63, 3.8) is 0 Å². The summed E-state index contributed by atoms with van der Waals surface area (Å²) in [5, 5.41) is 10.8. The Morgan fingerprint density at radius 3 is 2.41 bits per heavy atom. The van der Waals surface area contributed by atoms with Gasteiger partial charge in [-0.15, -0.1) is 0 Å². The van der Waals surface area contributed by atoms with Gasteiger partial charge in [0.25, 0.3) is 12.1 Å². The summed E-state index contributed by atoms with van der Waals surface area (Å²) in [5.41, 5.74) is -1.06. The van der Waals surface area contributed by atoms with E-state index in [-0.39, 0.29) is 17.5 Å². The Morgan fingerprint density at radius 2 is 2.06 bits per heavy atom. The van der Waals surface area contributed by atoms with Gasteiger partial charge in [0.05, 0.1) is 10.5 Å². The number of alkyl halides is 2. The molecule has 92 valence electrons. The number of nitro benzene ring substituents is 1. The van der Waals surface area contributed by atoms with Crippen LogP contribution in [0.1, 0.15) is 41.8 Å². The fourth-order valence-corrected chi connectivity index (χ4v) is 1.58. The maximum absolute atomic E-state index is 12.7. The Labute approximate surface area is 96.4 Å². The van der Waals surface area contributed by atoms with E-state index < -0.39 is 28.4 Å². The Morgan fingerprint density at radius 1 is 1.47 bits per heavy atom. The lowest BCUT2D eigenvalue weighted by Crippen LogP contribution is -2.04. The number of nitrogens with zero attached hydrogens (tertiary/aromatic N) is 1. The van der Waals surface area contributed by atoms with Gasteiger partial charge in [-0.1, -0.05) is 6.92 Å². The van der Waals surface area contributed by atoms with Gasteiger partial charge in [0.15, 0.2) is 5.78 Å². The highest BCUT2D eigenvalue weighted by molar-refractivity contribution is 5.95. The minimum atomic E-state index is -2.97. The predicted octanol–water partition coefficient (Wildman–Crippen LogP) is 3.30. The van der Waals surface area contributed by atoms with E-state index in [1.807, 2.05) is 0 Å². The number of nitro groups is 1. The van der Waals surface area contributed by atoms with Crippen molar-refractivity contribution in [1.82, 2.24) is 0 Å². The molecule has 0 amide bonds. The van der Waals surface area contributed by atoms with Crippen LogP contribution in [0.15, 0.2) is 12.1 Å². The van der Waals surface area contributed by atoms with Crippen molar-refractivity contribution in [2.24, 2.45) is 0 Å². The Balaban J connectivity index is 3.57. The lowest BCUT2D eigenvalue weighted by atomic mass is 9.99. The summed E-state index contributed by atoms with van der Waals surface area (Å²) in [6.07, 6.45) is -2.75. The smallest absolute Gasteiger partial charge is 0.281 e. The molecule has 0 aliphatic heterocycles. The lowest BCUT2D eigenvalue weighted by molar-refractivity contribution is -0.387. The van der Waals surface area contributed by atoms with Crippen LogP contribution >= 0.6 is 0 Å². The van der Waals surface area contributed by atoms with Crippen molar-refractivity contribution in [1.29, 1.82) is 0 Å². The zero-order valence-corrected chi connectivity index (χ0v) is 9.37. The normalized spacial score (nSPS) is 10.6. The molecular weight excluding hydrogens is 232 g/mol. The van der Waals surface area contributed by atoms with Gasteiger partial charge in [-0.25, -0.2) is 8.78 Å². The fraction of sp³-hybridized carbons (Fsp3) is 0.364. The van der Waals surface area contributed by atoms with Crippen molar-refractivity contribution in [3.8, 4) is 0 Å². The van der Waals surface area contributed by atoms with Crippen LogP contribution in [0, 0.1) is 10.1 Å². The zero-order valence-electron chi connectivity index (χ0n) is 9.37. The van der Waals surface area contributed by atoms with Gasteiger partial charge in [0, 0.05) is 11.1 Å². The highest BCUT2D eigenvalue weighted by Crippen LogP contribution is 2.33. The average Bonchev–Trinajstić information content (AvgIpc) is 2.26. The first kappa shape index (κ1) is 13.2. The van der Waals surface area contributed by atoms with Crippen molar-refractivity contribution in [2.75, 3.05) is 0 Å². The van der Waals surface area contributed by atoms with Crippen molar-refractivity contribution >= 4 is 11.5 Å². The number of ketones is 1. The third-order valence-electron chi connectivity index (χ3n) is 2.42. The topological polar surface area (TPSA) is 60.2 Å². The van der Waals surface area contributed by atoms with Gasteiger partial charge in [0.1, 0.15) is 0 Å². The Hall–Kier alpha value is -1.85. The van der Waals surface area contributed by atoms with Gasteiger partial charge in [-0.2, -0.15) is 0 Å². The highest BCUT2D eigenvalue weighted by Gasteiger charge is 2.26. The third kappa shape index (κ3) is 2.64. The van der Waals surface area contributed by atoms with E-state index in [0.717, 1.165) is 6.07 Å². The molecule has 0 aromatic heterocycles. The lowest BCUT2D eigenvalue weighted by Gasteiger charge is -2.08. The van der Waals surface area contributed by atoms with Gasteiger partial charge in [-0.3, -0.25) is 14.9 Å². The highest BCUT2D eigenvalue weighted by atomic mass is 19.3. The van der Waals surface area contributed by atoms with E-state index in [1.165, 1.54) is 13.0 Å². The number of hydrogen-bond acceptors (Lipinski definition) is 3. The fourth-order valence-electron chi connectivity index (χ4n) is 1.58. The second-order valence-corrected chi connectivity index (χ2v) is 3.54. The molecule has 0 atom stereocenters. The van der Waals surface area contributed by atoms with E-state index in [2.05, 4.69) is 0 Å². The van der Waals surface area contributed by atoms with E-state index in [4.69, 9.17) is 0 Å². The van der Waals surface area contributed by atoms with Gasteiger partial charge in [-0.05, 0) is 25.5 Å². The molecule has 0 radical (unpaired) electrons. The molecular formula is C11H11F2NO3. The largest absolute Gasteiger partial charge is 0.295 e. The van der Waals surface area contributed by atoms with Crippen LogP contribution < -0.4 is 0 Å². The molecule has 1 rings (SSSR count). The maximum atomic E-state index is 12.7. The maximum Gasteiger partial charge on any atom is 0.281 e. The summed E-state index contributed by atoms with van der Waals surface area (Å²) in [7, 11) is 0. The van der Waals surface area contributed by atoms with E-state index in [9.17, 15) is 23.7 Å². The number of rotatable bonds is 4. The van der Waals surface area contributed by atoms with Crippen molar-refractivity contribution in [2.45, 2.75) is 26.7 Å². The minimum Gasteiger partial charge on any atom is -0.295 e. The standard InChI is InChI=1S/C11H11F2NO3/c1-3-7-4-8(6(2)15)5-9(11(12)13)10(7)14(16)17/h4-5,11H,3H2,1-2H3. The first-order chi connectivity index (χ1) is 7.88. The summed E-state index contributed by atoms with van der Waals surface area (Å²) < 4.78 is 25.5. The Kier molecular flexibility index (Phi) is 3.88. The molecule has 0 saturated heterocycles. The summed E-state index contributed by atoms with van der Waals surface area (Å²) in [6, 6.07) is 2.19. The molecule has 1 aromatic rings. The molecule has 0 aliphatic rings. The van der Waals surface area contributed by atoms with Crippen LogP contribution in [0.4, 0.5) is 14.5 Å². The first-order valence-corrected chi connectivity index (χ1v) is 4.98. The molecule has 0 aliphatic carbocycles. The number of benzene rings is 1. The predicted molar refractivity (Wildman–Crippen MR) is 57.4 cm³/mol. The molecule has 0 heterocycles. The molecule has 0 fully saturated rings. The van der Waals surface area contributed by atoms with Crippen LogP contribution in [-0.2, 0) is 6.42 Å². The quantitative estimate of drug-likeness (QED) is 0.463. The molecule has 0 bridgehead atoms. The van der Waals surface area contributed by atoms with Crippen molar-refractivity contribution in [3.05, 3.63) is 38.9 Å². The SMILES string of the molecule is CCc1cc(C(C)=O)cc(C(F)F)c1[N+](=O)[O-]. The van der Waals surface area contributed by atoms with Gasteiger partial charge >= 0.3 is 0 Å². The molecule has 0 unspecified atom stereocenters. The number of hydrogen-bond donors (Lipinski definition) is 0. The second kappa shape index (κ2) is 4.99. The summed E-state index contributed by atoms with van der Waals surface area (Å²) in [4.78, 5) is 21.1. The monoisotopic (exact) mass is 243 g/mol. The second-order valence-electron chi connectivity index (χ2n) is 3.54. The number of halogens is 2. The van der Waals surface area contributed by atoms with E-state index in [1.54, 1.807) is 6.92 Å². The summed E-state index contributed by atoms with van der Waals surface area (Å²) in [6.45, 7) is 2.84.